The Balaban J connectivity index is 1.67. The number of carbonyl (C=O) groups excluding carboxylic acids is 2. The lowest BCUT2D eigenvalue weighted by molar-refractivity contribution is 0.00578. The second-order valence-electron chi connectivity index (χ2n) is 11.8. The number of hydrogen-bond donors (Lipinski definition) is 1. The third-order valence-corrected chi connectivity index (χ3v) is 7.15. The topological polar surface area (TPSA) is 101 Å². The van der Waals surface area contributed by atoms with E-state index in [0.29, 0.717) is 6.42 Å². The molecule has 1 aromatic carbocycles. The molecule has 1 N–H and O–H groups in total. The lowest BCUT2D eigenvalue weighted by Gasteiger charge is -2.34. The Morgan fingerprint density at radius 1 is 1.11 bits per heavy atom. The van der Waals surface area contributed by atoms with Crippen molar-refractivity contribution in [3.63, 3.8) is 0 Å². The molecule has 9 heteroatoms. The summed E-state index contributed by atoms with van der Waals surface area (Å²) in [5.74, 6) is 0. The molecule has 0 bridgehead atoms. The highest BCUT2D eigenvalue weighted by molar-refractivity contribution is 6.62. The zero-order chi connectivity index (χ0) is 26.7. The highest BCUT2D eigenvalue weighted by atomic mass is 16.7. The van der Waals surface area contributed by atoms with Crippen LogP contribution in [0.5, 0.6) is 0 Å². The summed E-state index contributed by atoms with van der Waals surface area (Å²) in [7, 11) is -0.464. The summed E-state index contributed by atoms with van der Waals surface area (Å²) < 4.78 is 17.7. The van der Waals surface area contributed by atoms with E-state index in [-0.39, 0.29) is 6.04 Å². The maximum absolute atomic E-state index is 13.2. The fraction of sp³-hybridized carbons (Fsp3) is 0.667. The van der Waals surface area contributed by atoms with Gasteiger partial charge in [-0.15, -0.1) is 0 Å². The number of ether oxygens (including phenoxy) is 1. The van der Waals surface area contributed by atoms with Gasteiger partial charge >= 0.3 is 19.2 Å². The van der Waals surface area contributed by atoms with Crippen LogP contribution in [0, 0.1) is 11.3 Å². The maximum atomic E-state index is 13.2. The van der Waals surface area contributed by atoms with Crippen molar-refractivity contribution < 1.29 is 23.6 Å². The minimum absolute atomic E-state index is 0.230. The van der Waals surface area contributed by atoms with Crippen molar-refractivity contribution in [2.45, 2.75) is 116 Å². The molecule has 1 saturated carbocycles. The third-order valence-electron chi connectivity index (χ3n) is 7.15. The summed E-state index contributed by atoms with van der Waals surface area (Å²) >= 11 is 0. The number of urea groups is 1. The molecule has 8 nitrogen and oxygen atoms in total. The van der Waals surface area contributed by atoms with Crippen LogP contribution < -0.4 is 10.8 Å². The number of imide groups is 1. The summed E-state index contributed by atoms with van der Waals surface area (Å²) in [5, 5.41) is 12.5. The monoisotopic (exact) mass is 497 g/mol. The van der Waals surface area contributed by atoms with Gasteiger partial charge in [0.05, 0.1) is 17.3 Å². The van der Waals surface area contributed by atoms with E-state index < -0.39 is 42.1 Å². The Morgan fingerprint density at radius 3 is 2.17 bits per heavy atom. The summed E-state index contributed by atoms with van der Waals surface area (Å²) in [6.45, 7) is 13.4. The predicted octanol–water partition coefficient (Wildman–Crippen LogP) is 4.70. The second-order valence-corrected chi connectivity index (χ2v) is 11.8. The molecule has 1 aliphatic heterocycles. The Hall–Kier alpha value is -2.57. The SMILES string of the molecule is CC(C)(C)OC(=O)N(C(=O)N[C@H](C#N)Cc1ccc(B2OC(C)(C)C(C)(C)O2)cc1)C1CCCCC1. The largest absolute Gasteiger partial charge is 0.494 e. The number of rotatable bonds is 5. The van der Waals surface area contributed by atoms with Gasteiger partial charge in [0.25, 0.3) is 0 Å². The average molecular weight is 497 g/mol. The molecule has 0 spiro atoms. The van der Waals surface area contributed by atoms with E-state index in [1.54, 1.807) is 20.8 Å². The van der Waals surface area contributed by atoms with Crippen LogP contribution >= 0.6 is 0 Å². The molecule has 1 aromatic rings. The van der Waals surface area contributed by atoms with E-state index in [4.69, 9.17) is 14.0 Å². The van der Waals surface area contributed by atoms with Crippen LogP contribution in [0.15, 0.2) is 24.3 Å². The summed E-state index contributed by atoms with van der Waals surface area (Å²) in [4.78, 5) is 27.3. The van der Waals surface area contributed by atoms with E-state index >= 15 is 0 Å². The first kappa shape index (κ1) is 28.0. The first-order chi connectivity index (χ1) is 16.7. The Bertz CT molecular complexity index is 959. The predicted molar refractivity (Wildman–Crippen MR) is 139 cm³/mol. The molecule has 1 heterocycles. The highest BCUT2D eigenvalue weighted by Crippen LogP contribution is 2.36. The van der Waals surface area contributed by atoms with Crippen molar-refractivity contribution in [3.05, 3.63) is 29.8 Å². The molecule has 3 amide bonds. The molecule has 0 unspecified atom stereocenters. The fourth-order valence-corrected chi connectivity index (χ4v) is 4.42. The van der Waals surface area contributed by atoms with Gasteiger partial charge in [-0.2, -0.15) is 5.26 Å². The molecular weight excluding hydrogens is 457 g/mol. The van der Waals surface area contributed by atoms with Crippen LogP contribution in [0.3, 0.4) is 0 Å². The molecule has 0 aromatic heterocycles. The molecule has 0 radical (unpaired) electrons. The lowest BCUT2D eigenvalue weighted by Crippen LogP contribution is -2.53. The van der Waals surface area contributed by atoms with Crippen molar-refractivity contribution in [2.75, 3.05) is 0 Å². The maximum Gasteiger partial charge on any atom is 0.494 e. The number of nitriles is 1. The molecule has 3 rings (SSSR count). The summed E-state index contributed by atoms with van der Waals surface area (Å²) in [5.41, 5.74) is 0.194. The van der Waals surface area contributed by atoms with Gasteiger partial charge in [0.2, 0.25) is 0 Å². The Labute approximate surface area is 215 Å². The normalized spacial score (nSPS) is 20.3. The third kappa shape index (κ3) is 6.80. The van der Waals surface area contributed by atoms with Crippen molar-refractivity contribution in [3.8, 4) is 6.07 Å². The van der Waals surface area contributed by atoms with Gasteiger partial charge in [-0.3, -0.25) is 0 Å². The molecule has 196 valence electrons. The van der Waals surface area contributed by atoms with Crippen LogP contribution in [-0.2, 0) is 20.5 Å². The first-order valence-electron chi connectivity index (χ1n) is 12.9. The molecule has 2 fully saturated rings. The van der Waals surface area contributed by atoms with Gasteiger partial charge in [0.1, 0.15) is 11.6 Å². The first-order valence-corrected chi connectivity index (χ1v) is 12.9. The molecule has 36 heavy (non-hydrogen) atoms. The van der Waals surface area contributed by atoms with Crippen molar-refractivity contribution in [2.24, 2.45) is 0 Å². The van der Waals surface area contributed by atoms with Crippen LogP contribution in [0.4, 0.5) is 9.59 Å². The van der Waals surface area contributed by atoms with E-state index in [1.807, 2.05) is 52.0 Å². The van der Waals surface area contributed by atoms with E-state index in [9.17, 15) is 14.9 Å². The zero-order valence-electron chi connectivity index (χ0n) is 22.7. The number of hydrogen-bond acceptors (Lipinski definition) is 6. The number of nitrogens with zero attached hydrogens (tertiary/aromatic N) is 2. The molecule has 1 aliphatic carbocycles. The van der Waals surface area contributed by atoms with Gasteiger partial charge in [0.15, 0.2) is 0 Å². The standard InChI is InChI=1S/C27H40BN3O5/c1-25(2,3)34-24(33)31(22-11-9-8-10-12-22)23(32)30-21(18-29)17-19-13-15-20(16-14-19)28-35-26(4,5)27(6,7)36-28/h13-16,21-22H,8-12,17H2,1-7H3,(H,30,32)/t21-/m0/s1. The van der Waals surface area contributed by atoms with Crippen molar-refractivity contribution in [1.82, 2.24) is 10.2 Å². The zero-order valence-corrected chi connectivity index (χ0v) is 22.7. The number of benzene rings is 1. The van der Waals surface area contributed by atoms with E-state index in [0.717, 1.165) is 43.1 Å². The number of nitrogens with one attached hydrogen (secondary N) is 1. The van der Waals surface area contributed by atoms with Gasteiger partial charge in [-0.05, 0) is 72.3 Å². The van der Waals surface area contributed by atoms with Gasteiger partial charge in [0, 0.05) is 12.5 Å². The molecule has 1 atom stereocenters. The van der Waals surface area contributed by atoms with Crippen molar-refractivity contribution in [1.29, 1.82) is 5.26 Å². The van der Waals surface area contributed by atoms with Gasteiger partial charge in [-0.1, -0.05) is 43.5 Å². The van der Waals surface area contributed by atoms with Gasteiger partial charge < -0.3 is 19.4 Å². The second kappa shape index (κ2) is 10.8. The number of amides is 3. The smallest absolute Gasteiger partial charge is 0.443 e. The van der Waals surface area contributed by atoms with Crippen LogP contribution in [0.2, 0.25) is 0 Å². The molecule has 2 aliphatic rings. The van der Waals surface area contributed by atoms with E-state index in [2.05, 4.69) is 11.4 Å². The minimum Gasteiger partial charge on any atom is -0.443 e. The minimum atomic E-state index is -0.797. The van der Waals surface area contributed by atoms with Crippen LogP contribution in [0.25, 0.3) is 0 Å². The van der Waals surface area contributed by atoms with E-state index in [1.165, 1.54) is 4.90 Å². The van der Waals surface area contributed by atoms with Gasteiger partial charge in [-0.25, -0.2) is 14.5 Å². The average Bonchev–Trinajstić information content (AvgIpc) is 3.00. The quantitative estimate of drug-likeness (QED) is 0.592. The molecule has 1 saturated heterocycles. The number of carbonyl (C=O) groups is 2. The molecular formula is C27H40BN3O5. The summed E-state index contributed by atoms with van der Waals surface area (Å²) in [6, 6.07) is 8.20. The Kier molecular flexibility index (Phi) is 8.42. The van der Waals surface area contributed by atoms with Crippen molar-refractivity contribution >= 4 is 24.7 Å². The fourth-order valence-electron chi connectivity index (χ4n) is 4.42. The summed E-state index contributed by atoms with van der Waals surface area (Å²) in [6.07, 6.45) is 4.11. The van der Waals surface area contributed by atoms with Crippen LogP contribution in [-0.4, -0.2) is 53.0 Å². The highest BCUT2D eigenvalue weighted by Gasteiger charge is 2.51. The Morgan fingerprint density at radius 2 is 1.67 bits per heavy atom. The lowest BCUT2D eigenvalue weighted by atomic mass is 9.78. The van der Waals surface area contributed by atoms with Crippen LogP contribution in [0.1, 0.15) is 86.1 Å².